The van der Waals surface area contributed by atoms with Crippen molar-refractivity contribution in [3.05, 3.63) is 144 Å². The number of hydrogen-bond donors (Lipinski definition) is 0. The summed E-state index contributed by atoms with van der Waals surface area (Å²) in [6, 6.07) is 42.4. The third kappa shape index (κ3) is 4.71. The SMILES string of the molecule is c1ccc(-c2c(-c3ccccc3)c(-c3cccc(-c4nccs4)n3)c3ccccc3c2-c2cccc(-c3nccs3)n2)cc1. The molecule has 4 aromatic heterocycles. The van der Waals surface area contributed by atoms with Crippen LogP contribution in [-0.2, 0) is 0 Å². The first kappa shape index (κ1) is 26.3. The number of benzene rings is 4. The van der Waals surface area contributed by atoms with E-state index in [2.05, 4.69) is 119 Å². The zero-order chi connectivity index (χ0) is 29.3. The van der Waals surface area contributed by atoms with E-state index in [4.69, 9.17) is 9.97 Å². The monoisotopic (exact) mass is 600 g/mol. The Morgan fingerprint density at radius 3 is 1.18 bits per heavy atom. The summed E-state index contributed by atoms with van der Waals surface area (Å²) >= 11 is 3.20. The standard InChI is InChI=1S/C38H24N4S2/c1-3-11-25(12-4-1)33-34(26-13-5-2-6-14-26)36(30-18-10-20-32(42-30)38-40-22-24-44-38)28-16-8-7-15-27(28)35(33)29-17-9-19-31(41-29)37-39-21-23-43-37/h1-24H. The number of aromatic nitrogens is 4. The van der Waals surface area contributed by atoms with Crippen molar-refractivity contribution in [1.82, 2.24) is 19.9 Å². The van der Waals surface area contributed by atoms with E-state index in [1.165, 1.54) is 0 Å². The average molecular weight is 601 g/mol. The lowest BCUT2D eigenvalue weighted by Gasteiger charge is -2.23. The number of fused-ring (bicyclic) bond motifs is 1. The van der Waals surface area contributed by atoms with Crippen molar-refractivity contribution in [2.75, 3.05) is 0 Å². The average Bonchev–Trinajstić information content (AvgIpc) is 3.84. The number of thiazole rings is 2. The second-order valence-electron chi connectivity index (χ2n) is 10.3. The van der Waals surface area contributed by atoms with Crippen LogP contribution >= 0.6 is 22.7 Å². The highest BCUT2D eigenvalue weighted by molar-refractivity contribution is 7.13. The van der Waals surface area contributed by atoms with E-state index in [1.54, 1.807) is 22.7 Å². The van der Waals surface area contributed by atoms with E-state index >= 15 is 0 Å². The lowest BCUT2D eigenvalue weighted by Crippen LogP contribution is -2.00. The molecule has 0 saturated heterocycles. The molecule has 4 heterocycles. The van der Waals surface area contributed by atoms with Gasteiger partial charge in [-0.15, -0.1) is 22.7 Å². The van der Waals surface area contributed by atoms with Crippen LogP contribution in [0.1, 0.15) is 0 Å². The molecule has 8 rings (SSSR count). The van der Waals surface area contributed by atoms with Crippen LogP contribution in [0, 0.1) is 0 Å². The van der Waals surface area contributed by atoms with E-state index in [0.29, 0.717) is 0 Å². The molecule has 0 N–H and O–H groups in total. The van der Waals surface area contributed by atoms with Crippen LogP contribution in [0.25, 0.3) is 76.9 Å². The summed E-state index contributed by atoms with van der Waals surface area (Å²) in [5.74, 6) is 0. The largest absolute Gasteiger partial charge is 0.245 e. The topological polar surface area (TPSA) is 51.6 Å². The Morgan fingerprint density at radius 1 is 0.364 bits per heavy atom. The zero-order valence-electron chi connectivity index (χ0n) is 23.5. The first-order valence-corrected chi connectivity index (χ1v) is 16.1. The van der Waals surface area contributed by atoms with Gasteiger partial charge in [0.25, 0.3) is 0 Å². The van der Waals surface area contributed by atoms with Crippen molar-refractivity contribution in [2.24, 2.45) is 0 Å². The Labute approximate surface area is 263 Å². The minimum absolute atomic E-state index is 0.865. The van der Waals surface area contributed by atoms with Crippen LogP contribution in [0.3, 0.4) is 0 Å². The van der Waals surface area contributed by atoms with Crippen molar-refractivity contribution >= 4 is 33.4 Å². The van der Waals surface area contributed by atoms with Crippen molar-refractivity contribution in [3.8, 4) is 66.2 Å². The molecule has 0 saturated carbocycles. The smallest absolute Gasteiger partial charge is 0.141 e. The molecule has 8 aromatic rings. The van der Waals surface area contributed by atoms with Gasteiger partial charge in [0.05, 0.1) is 22.8 Å². The second-order valence-corrected chi connectivity index (χ2v) is 12.1. The van der Waals surface area contributed by atoms with Gasteiger partial charge in [-0.25, -0.2) is 19.9 Å². The first-order valence-electron chi connectivity index (χ1n) is 14.3. The summed E-state index contributed by atoms with van der Waals surface area (Å²) in [7, 11) is 0. The maximum Gasteiger partial charge on any atom is 0.141 e. The van der Waals surface area contributed by atoms with Crippen molar-refractivity contribution in [2.45, 2.75) is 0 Å². The first-order chi connectivity index (χ1) is 21.8. The zero-order valence-corrected chi connectivity index (χ0v) is 25.1. The van der Waals surface area contributed by atoms with Gasteiger partial charge in [-0.05, 0) is 46.2 Å². The molecule has 208 valence electrons. The third-order valence-electron chi connectivity index (χ3n) is 7.65. The number of pyridine rings is 2. The molecule has 4 nitrogen and oxygen atoms in total. The normalized spacial score (nSPS) is 11.2. The maximum atomic E-state index is 5.23. The van der Waals surface area contributed by atoms with E-state index in [0.717, 1.165) is 76.9 Å². The van der Waals surface area contributed by atoms with E-state index in [-0.39, 0.29) is 0 Å². The number of rotatable bonds is 6. The third-order valence-corrected chi connectivity index (χ3v) is 9.25. The fourth-order valence-electron chi connectivity index (χ4n) is 5.84. The van der Waals surface area contributed by atoms with Gasteiger partial charge in [0.2, 0.25) is 0 Å². The van der Waals surface area contributed by atoms with Gasteiger partial charge in [-0.2, -0.15) is 0 Å². The Bertz CT molecular complexity index is 2050. The predicted octanol–water partition coefficient (Wildman–Crippen LogP) is 10.5. The molecule has 0 unspecified atom stereocenters. The molecule has 0 spiro atoms. The Morgan fingerprint density at radius 2 is 0.773 bits per heavy atom. The minimum atomic E-state index is 0.865. The molecule has 0 aliphatic rings. The molecule has 44 heavy (non-hydrogen) atoms. The van der Waals surface area contributed by atoms with Crippen LogP contribution in [0.5, 0.6) is 0 Å². The molecule has 0 aliphatic heterocycles. The van der Waals surface area contributed by atoms with E-state index < -0.39 is 0 Å². The Balaban J connectivity index is 1.54. The molecular weight excluding hydrogens is 577 g/mol. The molecule has 6 heteroatoms. The number of nitrogens with zero attached hydrogens (tertiary/aromatic N) is 4. The summed E-state index contributed by atoms with van der Waals surface area (Å²) < 4.78 is 0. The lowest BCUT2D eigenvalue weighted by atomic mass is 9.80. The van der Waals surface area contributed by atoms with Gasteiger partial charge in [0.1, 0.15) is 10.0 Å². The van der Waals surface area contributed by atoms with Gasteiger partial charge < -0.3 is 0 Å². The van der Waals surface area contributed by atoms with Gasteiger partial charge >= 0.3 is 0 Å². The van der Waals surface area contributed by atoms with Crippen LogP contribution in [0.4, 0.5) is 0 Å². The van der Waals surface area contributed by atoms with Crippen LogP contribution in [0.15, 0.2) is 144 Å². The summed E-state index contributed by atoms with van der Waals surface area (Å²) in [6.45, 7) is 0. The molecular formula is C38H24N4S2. The summed E-state index contributed by atoms with van der Waals surface area (Å²) in [4.78, 5) is 19.6. The predicted molar refractivity (Wildman–Crippen MR) is 183 cm³/mol. The van der Waals surface area contributed by atoms with Gasteiger partial charge in [-0.1, -0.05) is 97.1 Å². The molecule has 0 atom stereocenters. The van der Waals surface area contributed by atoms with Crippen molar-refractivity contribution in [3.63, 3.8) is 0 Å². The molecule has 4 aromatic carbocycles. The molecule has 0 fully saturated rings. The van der Waals surface area contributed by atoms with Crippen molar-refractivity contribution < 1.29 is 0 Å². The molecule has 0 aliphatic carbocycles. The van der Waals surface area contributed by atoms with Crippen LogP contribution in [0.2, 0.25) is 0 Å². The van der Waals surface area contributed by atoms with Crippen molar-refractivity contribution in [1.29, 1.82) is 0 Å². The number of hydrogen-bond acceptors (Lipinski definition) is 6. The summed E-state index contributed by atoms with van der Waals surface area (Å²) in [5, 5.41) is 8.02. The fourth-order valence-corrected chi connectivity index (χ4v) is 7.06. The highest BCUT2D eigenvalue weighted by Crippen LogP contribution is 2.50. The fraction of sp³-hybridized carbons (Fsp3) is 0. The lowest BCUT2D eigenvalue weighted by molar-refractivity contribution is 1.29. The highest BCUT2D eigenvalue weighted by atomic mass is 32.1. The quantitative estimate of drug-likeness (QED) is 0.191. The molecule has 0 radical (unpaired) electrons. The summed E-state index contributed by atoms with van der Waals surface area (Å²) in [5.41, 5.74) is 10.2. The Hall–Kier alpha value is -5.30. The second kappa shape index (κ2) is 11.4. The van der Waals surface area contributed by atoms with Crippen LogP contribution < -0.4 is 0 Å². The van der Waals surface area contributed by atoms with Gasteiger partial charge in [0.15, 0.2) is 0 Å². The maximum absolute atomic E-state index is 5.23. The van der Waals surface area contributed by atoms with Gasteiger partial charge in [0, 0.05) is 45.4 Å². The molecule has 0 amide bonds. The van der Waals surface area contributed by atoms with Gasteiger partial charge in [-0.3, -0.25) is 0 Å². The minimum Gasteiger partial charge on any atom is -0.245 e. The van der Waals surface area contributed by atoms with E-state index in [9.17, 15) is 0 Å². The highest BCUT2D eigenvalue weighted by Gasteiger charge is 2.25. The van der Waals surface area contributed by atoms with E-state index in [1.807, 2.05) is 35.3 Å². The Kier molecular flexibility index (Phi) is 6.83. The molecule has 0 bridgehead atoms. The summed E-state index contributed by atoms with van der Waals surface area (Å²) in [6.07, 6.45) is 3.66. The van der Waals surface area contributed by atoms with Crippen LogP contribution in [-0.4, -0.2) is 19.9 Å².